The summed E-state index contributed by atoms with van der Waals surface area (Å²) >= 11 is 1.60. The molecule has 1 unspecified atom stereocenters. The van der Waals surface area contributed by atoms with E-state index in [1.807, 2.05) is 29.8 Å². The molecular formula is C29H29N7OS. The summed E-state index contributed by atoms with van der Waals surface area (Å²) in [5.41, 5.74) is 6.51. The van der Waals surface area contributed by atoms with Gasteiger partial charge in [-0.05, 0) is 56.1 Å². The Morgan fingerprint density at radius 3 is 2.87 bits per heavy atom. The van der Waals surface area contributed by atoms with Crippen LogP contribution in [0.15, 0.2) is 71.8 Å². The Bertz CT molecular complexity index is 1530. The average molecular weight is 524 g/mol. The molecule has 192 valence electrons. The summed E-state index contributed by atoms with van der Waals surface area (Å²) in [6.45, 7) is 4.69. The molecular weight excluding hydrogens is 494 g/mol. The topological polar surface area (TPSA) is 96.9 Å². The van der Waals surface area contributed by atoms with Crippen LogP contribution in [-0.4, -0.2) is 39.1 Å². The van der Waals surface area contributed by atoms with Crippen molar-refractivity contribution in [3.63, 3.8) is 0 Å². The van der Waals surface area contributed by atoms with Crippen molar-refractivity contribution < 1.29 is 4.74 Å². The highest BCUT2D eigenvalue weighted by atomic mass is 32.1. The maximum Gasteiger partial charge on any atom is 0.228 e. The Hall–Kier alpha value is -4.08. The quantitative estimate of drug-likeness (QED) is 0.227. The minimum Gasteiger partial charge on any atom is -0.437 e. The van der Waals surface area contributed by atoms with E-state index in [-0.39, 0.29) is 0 Å². The van der Waals surface area contributed by atoms with Crippen molar-refractivity contribution in [1.82, 2.24) is 25.3 Å². The number of benzene rings is 2. The van der Waals surface area contributed by atoms with Gasteiger partial charge >= 0.3 is 0 Å². The zero-order valence-corrected chi connectivity index (χ0v) is 22.0. The maximum absolute atomic E-state index is 6.56. The SMILES string of the molecule is Cc1ccc2c(NCc3cscn3)cccc2c1Oc1ncccc1-c1ccnc(NC2CCCNC2)n1. The van der Waals surface area contributed by atoms with E-state index in [2.05, 4.69) is 67.5 Å². The van der Waals surface area contributed by atoms with Crippen molar-refractivity contribution in [3.05, 3.63) is 83.1 Å². The zero-order chi connectivity index (χ0) is 25.7. The second-order valence-electron chi connectivity index (χ2n) is 9.36. The van der Waals surface area contributed by atoms with Crippen molar-refractivity contribution in [2.24, 2.45) is 0 Å². The van der Waals surface area contributed by atoms with E-state index in [0.29, 0.717) is 24.4 Å². The molecule has 1 atom stereocenters. The molecule has 3 N–H and O–H groups in total. The molecule has 1 aliphatic heterocycles. The minimum atomic E-state index is 0.320. The normalized spacial score (nSPS) is 15.3. The van der Waals surface area contributed by atoms with E-state index in [0.717, 1.165) is 70.7 Å². The molecule has 0 radical (unpaired) electrons. The summed E-state index contributed by atoms with van der Waals surface area (Å²) < 4.78 is 6.56. The molecule has 0 saturated carbocycles. The highest BCUT2D eigenvalue weighted by Gasteiger charge is 2.17. The van der Waals surface area contributed by atoms with Crippen molar-refractivity contribution >= 4 is 33.7 Å². The fourth-order valence-corrected chi connectivity index (χ4v) is 5.30. The molecule has 4 heterocycles. The lowest BCUT2D eigenvalue weighted by Crippen LogP contribution is -2.38. The Kier molecular flexibility index (Phi) is 7.10. The van der Waals surface area contributed by atoms with Gasteiger partial charge in [0.25, 0.3) is 0 Å². The van der Waals surface area contributed by atoms with Crippen LogP contribution in [0, 0.1) is 6.92 Å². The Morgan fingerprint density at radius 2 is 2.00 bits per heavy atom. The van der Waals surface area contributed by atoms with Gasteiger partial charge in [-0.25, -0.2) is 19.9 Å². The number of fused-ring (bicyclic) bond motifs is 1. The first-order valence-corrected chi connectivity index (χ1v) is 13.8. The predicted molar refractivity (Wildman–Crippen MR) is 153 cm³/mol. The number of hydrogen-bond donors (Lipinski definition) is 3. The van der Waals surface area contributed by atoms with Gasteiger partial charge in [-0.1, -0.05) is 24.3 Å². The fraction of sp³-hybridized carbons (Fsp3) is 0.241. The van der Waals surface area contributed by atoms with Crippen LogP contribution in [0.25, 0.3) is 22.0 Å². The number of piperidine rings is 1. The molecule has 0 spiro atoms. The van der Waals surface area contributed by atoms with Crippen LogP contribution < -0.4 is 20.7 Å². The minimum absolute atomic E-state index is 0.320. The third-order valence-electron chi connectivity index (χ3n) is 6.68. The third-order valence-corrected chi connectivity index (χ3v) is 7.32. The standard InChI is InChI=1S/C29H29N7OS/c1-19-9-10-22-23(6-2-8-25(22)33-16-21-17-38-18-34-21)27(19)37-28-24(7-4-13-31-28)26-11-14-32-29(36-26)35-20-5-3-12-30-15-20/h2,4,6-11,13-14,17-18,20,30,33H,3,5,12,15-16H2,1H3,(H,32,35,36). The van der Waals surface area contributed by atoms with Gasteiger partial charge in [-0.15, -0.1) is 11.3 Å². The molecule has 3 aromatic heterocycles. The van der Waals surface area contributed by atoms with E-state index in [4.69, 9.17) is 9.72 Å². The highest BCUT2D eigenvalue weighted by Crippen LogP contribution is 2.38. The molecule has 5 aromatic rings. The first-order chi connectivity index (χ1) is 18.7. The fourth-order valence-electron chi connectivity index (χ4n) is 4.74. The lowest BCUT2D eigenvalue weighted by Gasteiger charge is -2.23. The number of thiazole rings is 1. The second-order valence-corrected chi connectivity index (χ2v) is 10.1. The van der Waals surface area contributed by atoms with Crippen LogP contribution in [0.4, 0.5) is 11.6 Å². The lowest BCUT2D eigenvalue weighted by molar-refractivity contribution is 0.466. The number of nitrogens with zero attached hydrogens (tertiary/aromatic N) is 4. The van der Waals surface area contributed by atoms with Crippen molar-refractivity contribution in [1.29, 1.82) is 0 Å². The molecule has 9 heteroatoms. The molecule has 1 fully saturated rings. The highest BCUT2D eigenvalue weighted by molar-refractivity contribution is 7.07. The van der Waals surface area contributed by atoms with Crippen LogP contribution >= 0.6 is 11.3 Å². The number of aromatic nitrogens is 4. The maximum atomic E-state index is 6.56. The largest absolute Gasteiger partial charge is 0.437 e. The van der Waals surface area contributed by atoms with Crippen LogP contribution in [0.2, 0.25) is 0 Å². The number of pyridine rings is 1. The monoisotopic (exact) mass is 523 g/mol. The number of hydrogen-bond acceptors (Lipinski definition) is 9. The third kappa shape index (κ3) is 5.29. The van der Waals surface area contributed by atoms with Gasteiger partial charge in [0.15, 0.2) is 0 Å². The molecule has 2 aromatic carbocycles. The lowest BCUT2D eigenvalue weighted by atomic mass is 10.0. The summed E-state index contributed by atoms with van der Waals surface area (Å²) in [7, 11) is 0. The Labute approximate surface area is 225 Å². The van der Waals surface area contributed by atoms with E-state index in [1.54, 1.807) is 23.7 Å². The van der Waals surface area contributed by atoms with Gasteiger partial charge in [-0.3, -0.25) is 0 Å². The van der Waals surface area contributed by atoms with Crippen LogP contribution in [0.3, 0.4) is 0 Å². The van der Waals surface area contributed by atoms with Gasteiger partial charge in [-0.2, -0.15) is 0 Å². The zero-order valence-electron chi connectivity index (χ0n) is 21.1. The van der Waals surface area contributed by atoms with Crippen molar-refractivity contribution in [3.8, 4) is 22.9 Å². The van der Waals surface area contributed by atoms with Gasteiger partial charge in [0, 0.05) is 46.8 Å². The van der Waals surface area contributed by atoms with E-state index < -0.39 is 0 Å². The first-order valence-electron chi connectivity index (χ1n) is 12.8. The van der Waals surface area contributed by atoms with Gasteiger partial charge < -0.3 is 20.7 Å². The summed E-state index contributed by atoms with van der Waals surface area (Å²) in [5.74, 6) is 1.90. The summed E-state index contributed by atoms with van der Waals surface area (Å²) in [6, 6.07) is 16.5. The van der Waals surface area contributed by atoms with Gasteiger partial charge in [0.2, 0.25) is 11.8 Å². The summed E-state index contributed by atoms with van der Waals surface area (Å²) in [6.07, 6.45) is 5.77. The summed E-state index contributed by atoms with van der Waals surface area (Å²) in [4.78, 5) is 18.2. The van der Waals surface area contributed by atoms with Crippen LogP contribution in [0.5, 0.6) is 11.6 Å². The van der Waals surface area contributed by atoms with Crippen LogP contribution in [0.1, 0.15) is 24.1 Å². The van der Waals surface area contributed by atoms with Gasteiger partial charge in [0.05, 0.1) is 29.0 Å². The Morgan fingerprint density at radius 1 is 1.03 bits per heavy atom. The summed E-state index contributed by atoms with van der Waals surface area (Å²) in [5, 5.41) is 14.6. The average Bonchev–Trinajstić information content (AvgIpc) is 3.48. The van der Waals surface area contributed by atoms with Crippen molar-refractivity contribution in [2.45, 2.75) is 32.4 Å². The molecule has 6 rings (SSSR count). The van der Waals surface area contributed by atoms with E-state index in [9.17, 15) is 0 Å². The molecule has 38 heavy (non-hydrogen) atoms. The molecule has 0 amide bonds. The second kappa shape index (κ2) is 11.1. The molecule has 0 bridgehead atoms. The van der Waals surface area contributed by atoms with E-state index in [1.165, 1.54) is 0 Å². The number of rotatable bonds is 8. The first kappa shape index (κ1) is 24.3. The molecule has 1 saturated heterocycles. The smallest absolute Gasteiger partial charge is 0.228 e. The number of ether oxygens (including phenoxy) is 1. The molecule has 8 nitrogen and oxygen atoms in total. The van der Waals surface area contributed by atoms with E-state index >= 15 is 0 Å². The van der Waals surface area contributed by atoms with Gasteiger partial charge in [0.1, 0.15) is 5.75 Å². The van der Waals surface area contributed by atoms with Crippen molar-refractivity contribution in [2.75, 3.05) is 23.7 Å². The van der Waals surface area contributed by atoms with Crippen LogP contribution in [-0.2, 0) is 6.54 Å². The molecule has 0 aliphatic carbocycles. The molecule has 1 aliphatic rings. The number of aryl methyl sites for hydroxylation is 1. The number of anilines is 2. The predicted octanol–water partition coefficient (Wildman–Crippen LogP) is 6.03. The Balaban J connectivity index is 1.31. The number of nitrogens with one attached hydrogen (secondary N) is 3.